The molecule has 0 unspecified atom stereocenters. The van der Waals surface area contributed by atoms with E-state index in [-0.39, 0.29) is 17.7 Å². The first kappa shape index (κ1) is 18.5. The Hall–Kier alpha value is -1.84. The number of benzene rings is 1. The minimum absolute atomic E-state index is 0.0294. The van der Waals surface area contributed by atoms with Gasteiger partial charge in [0.05, 0.1) is 0 Å². The van der Waals surface area contributed by atoms with Gasteiger partial charge in [-0.05, 0) is 55.9 Å². The third-order valence-corrected chi connectivity index (χ3v) is 4.99. The molecule has 0 heterocycles. The van der Waals surface area contributed by atoms with Gasteiger partial charge < -0.3 is 10.2 Å². The lowest BCUT2D eigenvalue weighted by Crippen LogP contribution is -2.27. The van der Waals surface area contributed by atoms with E-state index in [4.69, 9.17) is 0 Å². The van der Waals surface area contributed by atoms with Crippen LogP contribution >= 0.6 is 0 Å². The number of rotatable bonds is 6. The quantitative estimate of drug-likeness (QED) is 0.844. The molecule has 1 aromatic carbocycles. The maximum Gasteiger partial charge on any atom is 0.253 e. The normalized spacial score (nSPS) is 20.5. The molecule has 4 nitrogen and oxygen atoms in total. The molecule has 4 heteroatoms. The van der Waals surface area contributed by atoms with Crippen molar-refractivity contribution in [3.05, 3.63) is 29.8 Å². The Kier molecular flexibility index (Phi) is 6.83. The second-order valence-electron chi connectivity index (χ2n) is 7.13. The van der Waals surface area contributed by atoms with Crippen LogP contribution in [0.25, 0.3) is 0 Å². The van der Waals surface area contributed by atoms with Crippen molar-refractivity contribution < 1.29 is 9.59 Å². The van der Waals surface area contributed by atoms with Crippen molar-refractivity contribution in [2.75, 3.05) is 19.4 Å². The molecule has 0 aromatic heterocycles. The van der Waals surface area contributed by atoms with Crippen LogP contribution in [0.1, 0.15) is 62.2 Å². The summed E-state index contributed by atoms with van der Waals surface area (Å²) in [6.07, 6.45) is 8.22. The molecule has 0 bridgehead atoms. The van der Waals surface area contributed by atoms with E-state index in [1.807, 2.05) is 12.1 Å². The fourth-order valence-electron chi connectivity index (χ4n) is 3.40. The Labute approximate surface area is 145 Å². The maximum absolute atomic E-state index is 12.4. The third-order valence-electron chi connectivity index (χ3n) is 4.99. The first-order valence-electron chi connectivity index (χ1n) is 9.13. The van der Waals surface area contributed by atoms with E-state index < -0.39 is 0 Å². The van der Waals surface area contributed by atoms with Gasteiger partial charge in [0, 0.05) is 31.3 Å². The SMILES string of the molecule is CCCCC1CCC(C(=O)Nc2ccc(C(=O)N(C)C)cc2)CC1. The summed E-state index contributed by atoms with van der Waals surface area (Å²) in [6, 6.07) is 7.14. The summed E-state index contributed by atoms with van der Waals surface area (Å²) in [5.41, 5.74) is 1.40. The van der Waals surface area contributed by atoms with E-state index in [0.717, 1.165) is 24.4 Å². The smallest absolute Gasteiger partial charge is 0.253 e. The number of nitrogens with zero attached hydrogens (tertiary/aromatic N) is 1. The van der Waals surface area contributed by atoms with Crippen molar-refractivity contribution in [3.8, 4) is 0 Å². The number of amides is 2. The number of hydrogen-bond donors (Lipinski definition) is 1. The number of unbranched alkanes of at least 4 members (excludes halogenated alkanes) is 1. The molecule has 1 N–H and O–H groups in total. The Bertz CT molecular complexity index is 543. The molecule has 1 aromatic rings. The highest BCUT2D eigenvalue weighted by Crippen LogP contribution is 2.32. The van der Waals surface area contributed by atoms with Crippen LogP contribution in [0.15, 0.2) is 24.3 Å². The summed E-state index contributed by atoms with van der Waals surface area (Å²) in [4.78, 5) is 25.8. The Morgan fingerprint density at radius 2 is 1.71 bits per heavy atom. The molecule has 132 valence electrons. The van der Waals surface area contributed by atoms with Crippen LogP contribution in [0.2, 0.25) is 0 Å². The predicted molar refractivity (Wildman–Crippen MR) is 98.1 cm³/mol. The minimum atomic E-state index is -0.0294. The van der Waals surface area contributed by atoms with E-state index in [9.17, 15) is 9.59 Å². The number of hydrogen-bond acceptors (Lipinski definition) is 2. The highest BCUT2D eigenvalue weighted by molar-refractivity contribution is 5.96. The molecule has 1 fully saturated rings. The van der Waals surface area contributed by atoms with Crippen molar-refractivity contribution >= 4 is 17.5 Å². The number of carbonyl (C=O) groups is 2. The lowest BCUT2D eigenvalue weighted by Gasteiger charge is -2.27. The fourth-order valence-corrected chi connectivity index (χ4v) is 3.40. The first-order chi connectivity index (χ1) is 11.5. The molecule has 0 atom stereocenters. The van der Waals surface area contributed by atoms with Crippen LogP contribution in [-0.2, 0) is 4.79 Å². The zero-order valence-corrected chi connectivity index (χ0v) is 15.2. The van der Waals surface area contributed by atoms with Gasteiger partial charge >= 0.3 is 0 Å². The van der Waals surface area contributed by atoms with Crippen LogP contribution in [0.4, 0.5) is 5.69 Å². The Morgan fingerprint density at radius 3 is 2.25 bits per heavy atom. The van der Waals surface area contributed by atoms with Gasteiger partial charge in [-0.15, -0.1) is 0 Å². The molecule has 0 spiro atoms. The van der Waals surface area contributed by atoms with Gasteiger partial charge in [0.25, 0.3) is 5.91 Å². The topological polar surface area (TPSA) is 49.4 Å². The molecule has 0 radical (unpaired) electrons. The maximum atomic E-state index is 12.4. The van der Waals surface area contributed by atoms with Gasteiger partial charge in [-0.1, -0.05) is 26.2 Å². The van der Waals surface area contributed by atoms with Crippen LogP contribution in [-0.4, -0.2) is 30.8 Å². The summed E-state index contributed by atoms with van der Waals surface area (Å²) in [6.45, 7) is 2.23. The van der Waals surface area contributed by atoms with Gasteiger partial charge in [0.15, 0.2) is 0 Å². The van der Waals surface area contributed by atoms with Gasteiger partial charge in [-0.2, -0.15) is 0 Å². The van der Waals surface area contributed by atoms with Crippen LogP contribution < -0.4 is 5.32 Å². The third kappa shape index (κ3) is 5.08. The molecule has 1 saturated carbocycles. The molecular weight excluding hydrogens is 300 g/mol. The average Bonchev–Trinajstić information content (AvgIpc) is 2.60. The van der Waals surface area contributed by atoms with E-state index in [1.54, 1.807) is 31.1 Å². The second-order valence-corrected chi connectivity index (χ2v) is 7.13. The fraction of sp³-hybridized carbons (Fsp3) is 0.600. The molecule has 24 heavy (non-hydrogen) atoms. The van der Waals surface area contributed by atoms with Crippen LogP contribution in [0.5, 0.6) is 0 Å². The summed E-state index contributed by atoms with van der Waals surface area (Å²) < 4.78 is 0. The summed E-state index contributed by atoms with van der Waals surface area (Å²) in [5.74, 6) is 1.03. The molecule has 2 amide bonds. The molecule has 0 aliphatic heterocycles. The average molecular weight is 330 g/mol. The molecule has 0 saturated heterocycles. The van der Waals surface area contributed by atoms with E-state index in [1.165, 1.54) is 32.1 Å². The Morgan fingerprint density at radius 1 is 1.08 bits per heavy atom. The number of anilines is 1. The van der Waals surface area contributed by atoms with E-state index in [0.29, 0.717) is 5.56 Å². The highest BCUT2D eigenvalue weighted by atomic mass is 16.2. The van der Waals surface area contributed by atoms with Crippen LogP contribution in [0.3, 0.4) is 0 Å². The molecule has 2 rings (SSSR count). The summed E-state index contributed by atoms with van der Waals surface area (Å²) in [5, 5.41) is 3.00. The highest BCUT2D eigenvalue weighted by Gasteiger charge is 2.26. The van der Waals surface area contributed by atoms with Crippen molar-refractivity contribution in [2.45, 2.75) is 51.9 Å². The van der Waals surface area contributed by atoms with E-state index >= 15 is 0 Å². The van der Waals surface area contributed by atoms with Gasteiger partial charge in [0.2, 0.25) is 5.91 Å². The van der Waals surface area contributed by atoms with Gasteiger partial charge in [0.1, 0.15) is 0 Å². The van der Waals surface area contributed by atoms with E-state index in [2.05, 4.69) is 12.2 Å². The van der Waals surface area contributed by atoms with Crippen molar-refractivity contribution in [2.24, 2.45) is 11.8 Å². The lowest BCUT2D eigenvalue weighted by atomic mass is 9.79. The molecule has 1 aliphatic carbocycles. The Balaban J connectivity index is 1.83. The zero-order chi connectivity index (χ0) is 17.5. The number of carbonyl (C=O) groups excluding carboxylic acids is 2. The van der Waals surface area contributed by atoms with Crippen molar-refractivity contribution in [3.63, 3.8) is 0 Å². The summed E-state index contributed by atoms with van der Waals surface area (Å²) in [7, 11) is 3.46. The van der Waals surface area contributed by atoms with Gasteiger partial charge in [-0.3, -0.25) is 9.59 Å². The largest absolute Gasteiger partial charge is 0.345 e. The van der Waals surface area contributed by atoms with Crippen molar-refractivity contribution in [1.82, 2.24) is 4.90 Å². The van der Waals surface area contributed by atoms with Crippen LogP contribution in [0, 0.1) is 11.8 Å². The monoisotopic (exact) mass is 330 g/mol. The van der Waals surface area contributed by atoms with Gasteiger partial charge in [-0.25, -0.2) is 0 Å². The minimum Gasteiger partial charge on any atom is -0.345 e. The second kappa shape index (κ2) is 8.86. The zero-order valence-electron chi connectivity index (χ0n) is 15.2. The summed E-state index contributed by atoms with van der Waals surface area (Å²) >= 11 is 0. The molecular formula is C20H30N2O2. The standard InChI is InChI=1S/C20H30N2O2/c1-4-5-6-15-7-9-16(10-8-15)19(23)21-18-13-11-17(12-14-18)20(24)22(2)3/h11-16H,4-10H2,1-3H3,(H,21,23). The lowest BCUT2D eigenvalue weighted by molar-refractivity contribution is -0.121. The molecule has 1 aliphatic rings. The predicted octanol–water partition coefficient (Wildman–Crippen LogP) is 4.32. The van der Waals surface area contributed by atoms with Crippen molar-refractivity contribution in [1.29, 1.82) is 0 Å². The number of nitrogens with one attached hydrogen (secondary N) is 1. The first-order valence-corrected chi connectivity index (χ1v) is 9.13.